The number of aromatic nitrogens is 1. The van der Waals surface area contributed by atoms with Gasteiger partial charge in [-0.2, -0.15) is 0 Å². The van der Waals surface area contributed by atoms with Gasteiger partial charge in [-0.15, -0.1) is 0 Å². The summed E-state index contributed by atoms with van der Waals surface area (Å²) in [7, 11) is 1.66. The fourth-order valence-corrected chi connectivity index (χ4v) is 1.55. The van der Waals surface area contributed by atoms with Gasteiger partial charge in [0.25, 0.3) is 5.91 Å². The standard InChI is InChI=1S/C11H19N3O2/c1-8(2)14-7-9(12)6-10(14)11(16)13(3)4-5-15/h6-8,15H,4-5,12H2,1-3H3. The summed E-state index contributed by atoms with van der Waals surface area (Å²) < 4.78 is 1.84. The van der Waals surface area contributed by atoms with Crippen LogP contribution in [0.2, 0.25) is 0 Å². The van der Waals surface area contributed by atoms with Crippen molar-refractivity contribution in [1.29, 1.82) is 0 Å². The number of aliphatic hydroxyl groups is 1. The van der Waals surface area contributed by atoms with E-state index in [1.54, 1.807) is 19.3 Å². The molecule has 90 valence electrons. The molecule has 1 rings (SSSR count). The van der Waals surface area contributed by atoms with E-state index in [4.69, 9.17) is 10.8 Å². The summed E-state index contributed by atoms with van der Waals surface area (Å²) in [6.45, 7) is 4.26. The molecule has 0 aliphatic rings. The van der Waals surface area contributed by atoms with E-state index in [0.717, 1.165) is 0 Å². The quantitative estimate of drug-likeness (QED) is 0.793. The SMILES string of the molecule is CC(C)n1cc(N)cc1C(=O)N(C)CCO. The normalized spacial score (nSPS) is 10.8. The fraction of sp³-hybridized carbons (Fsp3) is 0.545. The molecule has 1 amide bonds. The van der Waals surface area contributed by atoms with Crippen LogP contribution in [0.25, 0.3) is 0 Å². The summed E-state index contributed by atoms with van der Waals surface area (Å²) >= 11 is 0. The van der Waals surface area contributed by atoms with Crippen LogP contribution in [0.15, 0.2) is 12.3 Å². The Bertz CT molecular complexity index is 371. The van der Waals surface area contributed by atoms with Gasteiger partial charge in [-0.1, -0.05) is 0 Å². The van der Waals surface area contributed by atoms with Gasteiger partial charge in [0.15, 0.2) is 0 Å². The topological polar surface area (TPSA) is 71.5 Å². The Morgan fingerprint density at radius 3 is 2.75 bits per heavy atom. The average Bonchev–Trinajstić information content (AvgIpc) is 2.59. The molecule has 1 heterocycles. The zero-order valence-electron chi connectivity index (χ0n) is 9.97. The first kappa shape index (κ1) is 12.6. The van der Waals surface area contributed by atoms with Gasteiger partial charge in [0.1, 0.15) is 5.69 Å². The Labute approximate surface area is 95.5 Å². The molecule has 1 aromatic heterocycles. The van der Waals surface area contributed by atoms with E-state index < -0.39 is 0 Å². The molecule has 0 fully saturated rings. The Morgan fingerprint density at radius 1 is 1.62 bits per heavy atom. The van der Waals surface area contributed by atoms with E-state index in [2.05, 4.69) is 0 Å². The Hall–Kier alpha value is -1.49. The molecular formula is C11H19N3O2. The minimum absolute atomic E-state index is 0.0416. The number of anilines is 1. The van der Waals surface area contributed by atoms with Crippen LogP contribution in [0.3, 0.4) is 0 Å². The lowest BCUT2D eigenvalue weighted by Crippen LogP contribution is -2.31. The molecule has 0 radical (unpaired) electrons. The highest BCUT2D eigenvalue weighted by molar-refractivity contribution is 5.93. The van der Waals surface area contributed by atoms with Crippen LogP contribution in [0.4, 0.5) is 5.69 Å². The monoisotopic (exact) mass is 225 g/mol. The third-order valence-corrected chi connectivity index (χ3v) is 2.43. The molecule has 0 unspecified atom stereocenters. The van der Waals surface area contributed by atoms with Crippen LogP contribution in [0, 0.1) is 0 Å². The summed E-state index contributed by atoms with van der Waals surface area (Å²) in [6.07, 6.45) is 1.75. The van der Waals surface area contributed by atoms with E-state index in [-0.39, 0.29) is 18.6 Å². The number of carbonyl (C=O) groups excluding carboxylic acids is 1. The highest BCUT2D eigenvalue weighted by Crippen LogP contribution is 2.17. The lowest BCUT2D eigenvalue weighted by atomic mass is 10.3. The molecule has 5 nitrogen and oxygen atoms in total. The molecule has 1 aromatic rings. The molecule has 3 N–H and O–H groups in total. The van der Waals surface area contributed by atoms with Crippen molar-refractivity contribution in [1.82, 2.24) is 9.47 Å². The Balaban J connectivity index is 2.98. The van der Waals surface area contributed by atoms with Gasteiger partial charge < -0.3 is 20.3 Å². The van der Waals surface area contributed by atoms with Crippen LogP contribution in [0.1, 0.15) is 30.4 Å². The second-order valence-electron chi connectivity index (χ2n) is 4.11. The molecule has 0 bridgehead atoms. The van der Waals surface area contributed by atoms with Crippen LogP contribution in [-0.4, -0.2) is 40.7 Å². The maximum Gasteiger partial charge on any atom is 0.270 e. The summed E-state index contributed by atoms with van der Waals surface area (Å²) in [6, 6.07) is 1.84. The number of likely N-dealkylation sites (N-methyl/N-ethyl adjacent to an activating group) is 1. The van der Waals surface area contributed by atoms with Crippen molar-refractivity contribution in [2.45, 2.75) is 19.9 Å². The molecule has 0 atom stereocenters. The predicted octanol–water partition coefficient (Wildman–Crippen LogP) is 0.716. The highest BCUT2D eigenvalue weighted by atomic mass is 16.3. The van der Waals surface area contributed by atoms with Gasteiger partial charge >= 0.3 is 0 Å². The summed E-state index contributed by atoms with van der Waals surface area (Å²) in [4.78, 5) is 13.5. The van der Waals surface area contributed by atoms with E-state index >= 15 is 0 Å². The van der Waals surface area contributed by atoms with Crippen molar-refractivity contribution in [3.05, 3.63) is 18.0 Å². The summed E-state index contributed by atoms with van der Waals surface area (Å²) in [5, 5.41) is 8.79. The molecular weight excluding hydrogens is 206 g/mol. The smallest absolute Gasteiger partial charge is 0.270 e. The minimum atomic E-state index is -0.126. The van der Waals surface area contributed by atoms with Crippen molar-refractivity contribution < 1.29 is 9.90 Å². The number of carbonyl (C=O) groups is 1. The second kappa shape index (κ2) is 5.03. The molecule has 16 heavy (non-hydrogen) atoms. The number of hydrogen-bond donors (Lipinski definition) is 2. The van der Waals surface area contributed by atoms with Crippen LogP contribution >= 0.6 is 0 Å². The molecule has 0 spiro atoms. The molecule has 0 aromatic carbocycles. The van der Waals surface area contributed by atoms with Crippen molar-refractivity contribution in [2.75, 3.05) is 25.9 Å². The molecule has 0 aliphatic carbocycles. The van der Waals surface area contributed by atoms with Crippen molar-refractivity contribution in [3.63, 3.8) is 0 Å². The number of nitrogen functional groups attached to an aromatic ring is 1. The van der Waals surface area contributed by atoms with E-state index in [0.29, 0.717) is 17.9 Å². The maximum atomic E-state index is 12.0. The Morgan fingerprint density at radius 2 is 2.25 bits per heavy atom. The van der Waals surface area contributed by atoms with Crippen molar-refractivity contribution >= 4 is 11.6 Å². The lowest BCUT2D eigenvalue weighted by Gasteiger charge is -2.18. The van der Waals surface area contributed by atoms with E-state index in [1.807, 2.05) is 18.4 Å². The van der Waals surface area contributed by atoms with Crippen molar-refractivity contribution in [2.24, 2.45) is 0 Å². The zero-order chi connectivity index (χ0) is 12.3. The summed E-state index contributed by atoms with van der Waals surface area (Å²) in [5.41, 5.74) is 6.83. The van der Waals surface area contributed by atoms with Crippen molar-refractivity contribution in [3.8, 4) is 0 Å². The number of nitrogens with zero attached hydrogens (tertiary/aromatic N) is 2. The predicted molar refractivity (Wildman–Crippen MR) is 63.3 cm³/mol. The zero-order valence-corrected chi connectivity index (χ0v) is 9.97. The van der Waals surface area contributed by atoms with E-state index in [9.17, 15) is 4.79 Å². The fourth-order valence-electron chi connectivity index (χ4n) is 1.55. The minimum Gasteiger partial charge on any atom is -0.397 e. The van der Waals surface area contributed by atoms with Gasteiger partial charge in [0.05, 0.1) is 12.3 Å². The first-order valence-electron chi connectivity index (χ1n) is 5.31. The molecule has 5 heteroatoms. The van der Waals surface area contributed by atoms with Gasteiger partial charge in [-0.3, -0.25) is 4.79 Å². The van der Waals surface area contributed by atoms with Crippen LogP contribution in [0.5, 0.6) is 0 Å². The number of aliphatic hydroxyl groups excluding tert-OH is 1. The molecule has 0 aliphatic heterocycles. The van der Waals surface area contributed by atoms with Crippen LogP contribution in [-0.2, 0) is 0 Å². The number of rotatable bonds is 4. The lowest BCUT2D eigenvalue weighted by molar-refractivity contribution is 0.0755. The van der Waals surface area contributed by atoms with E-state index in [1.165, 1.54) is 4.90 Å². The number of amides is 1. The summed E-state index contributed by atoms with van der Waals surface area (Å²) in [5.74, 6) is -0.126. The third-order valence-electron chi connectivity index (χ3n) is 2.43. The first-order chi connectivity index (χ1) is 7.47. The van der Waals surface area contributed by atoms with Gasteiger partial charge in [0, 0.05) is 25.8 Å². The molecule has 0 saturated heterocycles. The number of nitrogens with two attached hydrogens (primary N) is 1. The van der Waals surface area contributed by atoms with Crippen LogP contribution < -0.4 is 5.73 Å². The first-order valence-corrected chi connectivity index (χ1v) is 5.31. The second-order valence-corrected chi connectivity index (χ2v) is 4.11. The maximum absolute atomic E-state index is 12.0. The Kier molecular flexibility index (Phi) is 3.95. The van der Waals surface area contributed by atoms with Gasteiger partial charge in [-0.05, 0) is 19.9 Å². The average molecular weight is 225 g/mol. The highest BCUT2D eigenvalue weighted by Gasteiger charge is 2.17. The number of hydrogen-bond acceptors (Lipinski definition) is 3. The molecule has 0 saturated carbocycles. The van der Waals surface area contributed by atoms with Gasteiger partial charge in [0.2, 0.25) is 0 Å². The third kappa shape index (κ3) is 2.55. The van der Waals surface area contributed by atoms with Gasteiger partial charge in [-0.25, -0.2) is 0 Å². The largest absolute Gasteiger partial charge is 0.397 e.